The molecule has 2 fully saturated rings. The molecular weight excluding hydrogens is 807 g/mol. The molecule has 2 aromatic rings. The van der Waals surface area contributed by atoms with Gasteiger partial charge in [-0.1, -0.05) is 89.8 Å². The average Bonchev–Trinajstić information content (AvgIpc) is 3.61. The zero-order valence-corrected chi connectivity index (χ0v) is 37.9. The summed E-state index contributed by atoms with van der Waals surface area (Å²) < 4.78 is 6.09. The third-order valence-corrected chi connectivity index (χ3v) is 14.3. The zero-order valence-electron chi connectivity index (χ0n) is 37.9. The summed E-state index contributed by atoms with van der Waals surface area (Å²) in [7, 11) is 0. The number of carbonyl (C=O) groups is 2. The van der Waals surface area contributed by atoms with Gasteiger partial charge in [0.2, 0.25) is 5.91 Å². The van der Waals surface area contributed by atoms with Crippen LogP contribution >= 0.6 is 0 Å². The maximum Gasteiger partial charge on any atom is 0.243 e. The highest BCUT2D eigenvalue weighted by molar-refractivity contribution is 5.98. The van der Waals surface area contributed by atoms with Crippen molar-refractivity contribution in [3.05, 3.63) is 123 Å². The van der Waals surface area contributed by atoms with Crippen LogP contribution in [-0.4, -0.2) is 81.4 Å². The molecule has 0 aromatic heterocycles. The molecule has 9 N–H and O–H groups in total. The number of carbonyl (C=O) groups excluding carboxylic acids is 2. The number of allylic oxidation sites excluding steroid dienone is 8. The van der Waals surface area contributed by atoms with Crippen LogP contribution in [0.25, 0.3) is 0 Å². The fourth-order valence-corrected chi connectivity index (χ4v) is 10.7. The summed E-state index contributed by atoms with van der Waals surface area (Å²) in [4.78, 5) is 28.2. The van der Waals surface area contributed by atoms with Crippen molar-refractivity contribution in [2.24, 2.45) is 23.0 Å². The van der Waals surface area contributed by atoms with Crippen molar-refractivity contribution < 1.29 is 39.9 Å². The van der Waals surface area contributed by atoms with Crippen molar-refractivity contribution in [2.45, 2.75) is 128 Å². The summed E-state index contributed by atoms with van der Waals surface area (Å²) in [6.45, 7) is 10.5. The second-order valence-electron chi connectivity index (χ2n) is 18.6. The number of aromatic hydroxyl groups is 1. The molecule has 2 saturated carbocycles. The summed E-state index contributed by atoms with van der Waals surface area (Å²) in [5, 5.41) is 61.9. The van der Waals surface area contributed by atoms with Gasteiger partial charge in [0.05, 0.1) is 24.4 Å². The number of hydrogen-bond donors (Lipinski definition) is 8. The summed E-state index contributed by atoms with van der Waals surface area (Å²) in [5.41, 5.74) is 11.6. The number of ketones is 1. The molecule has 0 saturated heterocycles. The van der Waals surface area contributed by atoms with Gasteiger partial charge in [-0.15, -0.1) is 0 Å². The Morgan fingerprint density at radius 3 is 2.69 bits per heavy atom. The minimum absolute atomic E-state index is 0.0121. The molecule has 4 aliphatic rings. The van der Waals surface area contributed by atoms with Gasteiger partial charge in [0.1, 0.15) is 24.6 Å². The number of amides is 1. The molecule has 11 heteroatoms. The maximum atomic E-state index is 14.7. The molecule has 6 rings (SSSR count). The maximum absolute atomic E-state index is 14.7. The van der Waals surface area contributed by atoms with Crippen LogP contribution < -0.4 is 16.4 Å². The highest BCUT2D eigenvalue weighted by Gasteiger charge is 2.64. The molecule has 344 valence electrons. The van der Waals surface area contributed by atoms with Crippen LogP contribution in [0.4, 0.5) is 0 Å². The highest BCUT2D eigenvalue weighted by Crippen LogP contribution is 2.63. The van der Waals surface area contributed by atoms with E-state index in [1.54, 1.807) is 12.1 Å². The molecule has 2 aliphatic carbocycles. The Morgan fingerprint density at radius 2 is 1.92 bits per heavy atom. The van der Waals surface area contributed by atoms with Gasteiger partial charge >= 0.3 is 0 Å². The molecule has 0 radical (unpaired) electrons. The number of nitrogens with two attached hydrogens (primary N) is 1. The molecule has 0 bridgehead atoms. The van der Waals surface area contributed by atoms with Gasteiger partial charge in [-0.2, -0.15) is 0 Å². The van der Waals surface area contributed by atoms with E-state index in [0.29, 0.717) is 80.1 Å². The van der Waals surface area contributed by atoms with Crippen molar-refractivity contribution in [2.75, 3.05) is 26.4 Å². The zero-order chi connectivity index (χ0) is 46.0. The Bertz CT molecular complexity index is 2190. The number of aliphatic hydroxyl groups excluding tert-OH is 3. The lowest BCUT2D eigenvalue weighted by Gasteiger charge is -2.55. The SMILES string of the molecule is C=C1C=CC=C(C2CCC3(C(CCCO)C(=C(C)C(=O)Cc4cccc5c4C(NCC(O)CCc4ccc(O)cc4)C(=O)NC5N)CCC3(C)O)C2O)COCC#CCC(C)=CCC1. The van der Waals surface area contributed by atoms with Crippen molar-refractivity contribution in [3.8, 4) is 17.6 Å². The number of hydrogen-bond acceptors (Lipinski definition) is 10. The first-order valence-electron chi connectivity index (χ1n) is 23.0. The lowest BCUT2D eigenvalue weighted by molar-refractivity contribution is -0.167. The Morgan fingerprint density at radius 1 is 1.14 bits per heavy atom. The smallest absolute Gasteiger partial charge is 0.243 e. The van der Waals surface area contributed by atoms with Crippen molar-refractivity contribution >= 4 is 11.7 Å². The number of ether oxygens (including phenoxy) is 1. The van der Waals surface area contributed by atoms with E-state index in [-0.39, 0.29) is 56.1 Å². The van der Waals surface area contributed by atoms with Gasteiger partial charge in [-0.25, -0.2) is 0 Å². The topological polar surface area (TPSA) is 195 Å². The van der Waals surface area contributed by atoms with E-state index >= 15 is 0 Å². The molecule has 2 heterocycles. The van der Waals surface area contributed by atoms with E-state index in [9.17, 15) is 35.1 Å². The monoisotopic (exact) mass is 876 g/mol. The fourth-order valence-electron chi connectivity index (χ4n) is 10.7. The van der Waals surface area contributed by atoms with E-state index < -0.39 is 41.3 Å². The van der Waals surface area contributed by atoms with E-state index in [2.05, 4.69) is 42.1 Å². The highest BCUT2D eigenvalue weighted by atomic mass is 16.5. The van der Waals surface area contributed by atoms with Crippen molar-refractivity contribution in [1.29, 1.82) is 0 Å². The predicted molar refractivity (Wildman–Crippen MR) is 249 cm³/mol. The Balaban J connectivity index is 1.26. The normalized spacial score (nSPS) is 29.0. The number of benzene rings is 2. The number of phenols is 1. The molecule has 64 heavy (non-hydrogen) atoms. The number of rotatable bonds is 13. The number of aliphatic hydroxyl groups is 4. The van der Waals surface area contributed by atoms with E-state index in [4.69, 9.17) is 10.5 Å². The first kappa shape index (κ1) is 48.8. The molecule has 1 amide bonds. The van der Waals surface area contributed by atoms with Gasteiger partial charge in [-0.05, 0) is 136 Å². The van der Waals surface area contributed by atoms with E-state index in [1.807, 2.05) is 62.4 Å². The Labute approximate surface area is 379 Å². The molecule has 8 unspecified atom stereocenters. The average molecular weight is 876 g/mol. The summed E-state index contributed by atoms with van der Waals surface area (Å²) in [5.74, 6) is 5.28. The third kappa shape index (κ3) is 11.2. The van der Waals surface area contributed by atoms with Crippen LogP contribution in [-0.2, 0) is 27.2 Å². The van der Waals surface area contributed by atoms with Crippen LogP contribution in [0, 0.1) is 29.1 Å². The van der Waals surface area contributed by atoms with Crippen LogP contribution in [0.3, 0.4) is 0 Å². The van der Waals surface area contributed by atoms with E-state index in [0.717, 1.165) is 35.1 Å². The van der Waals surface area contributed by atoms with Crippen molar-refractivity contribution in [3.63, 3.8) is 0 Å². The second-order valence-corrected chi connectivity index (χ2v) is 18.6. The predicted octanol–water partition coefficient (Wildman–Crippen LogP) is 6.41. The molecule has 2 aromatic carbocycles. The minimum Gasteiger partial charge on any atom is -0.508 e. The Hall–Kier alpha value is -4.64. The van der Waals surface area contributed by atoms with Crippen molar-refractivity contribution in [1.82, 2.24) is 10.6 Å². The van der Waals surface area contributed by atoms with Crippen LogP contribution in [0.2, 0.25) is 0 Å². The van der Waals surface area contributed by atoms with Gasteiger partial charge in [0, 0.05) is 37.3 Å². The molecule has 2 aliphatic heterocycles. The minimum atomic E-state index is -1.27. The third-order valence-electron chi connectivity index (χ3n) is 14.3. The summed E-state index contributed by atoms with van der Waals surface area (Å²) in [6.07, 6.45) is 11.8. The van der Waals surface area contributed by atoms with E-state index in [1.165, 1.54) is 5.57 Å². The number of phenolic OH excluding ortho intramolecular Hbond substituents is 1. The number of Topliss-reactive ketones (excluding diaryl/α,β-unsaturated/α-hetero) is 1. The second kappa shape index (κ2) is 22.0. The van der Waals surface area contributed by atoms with Gasteiger partial charge < -0.3 is 41.3 Å². The molecule has 8 atom stereocenters. The standard InChI is InChI=1S/C53H69N3O8/c1-34-11-5-6-30-64-33-39(16-8-14-35(2)13-7-12-34)43-26-28-53(49(43)61)45(18-10-29-57)42(25-27-52(53,4)63)36(3)46(60)31-38-15-9-17-44-47(38)48(51(62)56-50(44)54)55-32-41(59)24-21-37-19-22-40(58)23-20-37/h8-9,12,14-17,19-20,22-23,41,43,45,48-50,55,57-59,61,63H,2,7,10-11,13,18,21,24-33,54H2,1,3-4H3,(H,56,62). The first-order chi connectivity index (χ1) is 30.7. The Kier molecular flexibility index (Phi) is 16.8. The quantitative estimate of drug-likeness (QED) is 0.0633. The summed E-state index contributed by atoms with van der Waals surface area (Å²) >= 11 is 0. The van der Waals surface area contributed by atoms with Crippen LogP contribution in [0.15, 0.2) is 101 Å². The number of nitrogens with one attached hydrogen (secondary N) is 2. The summed E-state index contributed by atoms with van der Waals surface area (Å²) in [6, 6.07) is 11.5. The van der Waals surface area contributed by atoms with Crippen LogP contribution in [0.1, 0.15) is 119 Å². The number of aryl methyl sites for hydroxylation is 1. The molecule has 1 spiro atoms. The van der Waals surface area contributed by atoms with Gasteiger partial charge in [0.15, 0.2) is 5.78 Å². The van der Waals surface area contributed by atoms with Gasteiger partial charge in [0.25, 0.3) is 0 Å². The fraction of sp³-hybridized carbons (Fsp3) is 0.509. The number of fused-ring (bicyclic) bond motifs is 1. The largest absolute Gasteiger partial charge is 0.508 e. The van der Waals surface area contributed by atoms with Gasteiger partial charge in [-0.3, -0.25) is 14.9 Å². The van der Waals surface area contributed by atoms with Crippen LogP contribution in [0.5, 0.6) is 5.75 Å². The molecular formula is C53H69N3O8. The first-order valence-corrected chi connectivity index (χ1v) is 23.0. The lowest BCUT2D eigenvalue weighted by atomic mass is 9.52. The molecule has 11 nitrogen and oxygen atoms in total. The lowest BCUT2D eigenvalue weighted by Crippen LogP contribution is -2.59.